The highest BCUT2D eigenvalue weighted by Gasteiger charge is 2.45. The lowest BCUT2D eigenvalue weighted by molar-refractivity contribution is -0.117. The number of ether oxygens (including phenoxy) is 2. The Labute approximate surface area is 233 Å². The number of hydrogen-bond acceptors (Lipinski definition) is 6. The molecule has 7 heteroatoms. The van der Waals surface area contributed by atoms with Crippen LogP contribution in [0.2, 0.25) is 0 Å². The van der Waals surface area contributed by atoms with Gasteiger partial charge in [-0.05, 0) is 66.8 Å². The quantitative estimate of drug-likeness (QED) is 0.248. The number of ketones is 1. The van der Waals surface area contributed by atoms with Crippen molar-refractivity contribution in [3.05, 3.63) is 101 Å². The monoisotopic (exact) mass is 539 g/mol. The Morgan fingerprint density at radius 3 is 2.27 bits per heavy atom. The van der Waals surface area contributed by atoms with E-state index in [1.165, 1.54) is 12.0 Å². The lowest BCUT2D eigenvalue weighted by Gasteiger charge is -2.28. The number of aliphatic hydroxyl groups excluding tert-OH is 1. The Kier molecular flexibility index (Phi) is 6.92. The average Bonchev–Trinajstić information content (AvgIpc) is 3.47. The third kappa shape index (κ3) is 4.83. The number of fused-ring (bicyclic) bond motifs is 1. The van der Waals surface area contributed by atoms with Crippen LogP contribution in [0, 0.1) is 0 Å². The topological polar surface area (TPSA) is 89.2 Å². The maximum absolute atomic E-state index is 14.0. The molecule has 0 fully saturated rings. The second-order valence-corrected chi connectivity index (χ2v) is 11.2. The van der Waals surface area contributed by atoms with Crippen molar-refractivity contribution in [2.45, 2.75) is 52.2 Å². The van der Waals surface area contributed by atoms with E-state index in [1.807, 2.05) is 38.1 Å². The first kappa shape index (κ1) is 27.1. The second-order valence-electron chi connectivity index (χ2n) is 11.2. The van der Waals surface area contributed by atoms with E-state index < -0.39 is 23.5 Å². The number of methoxy groups -OCH3 is 1. The van der Waals surface area contributed by atoms with Crippen molar-refractivity contribution in [3.63, 3.8) is 0 Å². The number of para-hydroxylation sites is 1. The predicted molar refractivity (Wildman–Crippen MR) is 154 cm³/mol. The van der Waals surface area contributed by atoms with Crippen LogP contribution in [0.4, 0.5) is 5.69 Å². The second kappa shape index (κ2) is 10.2. The number of benzene rings is 3. The molecular formula is C33H33NO6. The third-order valence-corrected chi connectivity index (χ3v) is 6.98. The van der Waals surface area contributed by atoms with Crippen LogP contribution in [0.5, 0.6) is 11.5 Å². The zero-order valence-electron chi connectivity index (χ0n) is 23.5. The molecule has 3 aromatic carbocycles. The Morgan fingerprint density at radius 2 is 1.68 bits per heavy atom. The first-order valence-corrected chi connectivity index (χ1v) is 13.2. The molecule has 5 rings (SSSR count). The number of carbonyl (C=O) groups is 2. The average molecular weight is 540 g/mol. The van der Waals surface area contributed by atoms with Crippen LogP contribution in [-0.4, -0.2) is 30.0 Å². The number of hydrogen-bond donors (Lipinski definition) is 1. The minimum absolute atomic E-state index is 0.00328. The number of Topliss-reactive ketones (excluding diaryl/α,β-unsaturated/α-hetero) is 1. The summed E-state index contributed by atoms with van der Waals surface area (Å²) in [7, 11) is 1.52. The Hall–Kier alpha value is -4.52. The van der Waals surface area contributed by atoms with Crippen molar-refractivity contribution in [2.75, 3.05) is 12.0 Å². The van der Waals surface area contributed by atoms with E-state index in [-0.39, 0.29) is 22.9 Å². The van der Waals surface area contributed by atoms with Gasteiger partial charge in [-0.15, -0.1) is 0 Å². The van der Waals surface area contributed by atoms with Crippen molar-refractivity contribution in [1.82, 2.24) is 0 Å². The fourth-order valence-corrected chi connectivity index (χ4v) is 4.98. The molecule has 0 spiro atoms. The van der Waals surface area contributed by atoms with Gasteiger partial charge in [0.1, 0.15) is 5.75 Å². The molecule has 0 aliphatic carbocycles. The summed E-state index contributed by atoms with van der Waals surface area (Å²) in [6.45, 7) is 10.2. The summed E-state index contributed by atoms with van der Waals surface area (Å²) in [6.07, 6.45) is -0.0112. The number of furan rings is 1. The normalized spacial score (nSPS) is 15.8. The molecule has 1 aliphatic rings. The van der Waals surface area contributed by atoms with Crippen LogP contribution in [0.1, 0.15) is 62.3 Å². The molecular weight excluding hydrogens is 506 g/mol. The highest BCUT2D eigenvalue weighted by atomic mass is 16.5. The molecule has 40 heavy (non-hydrogen) atoms. The smallest absolute Gasteiger partial charge is 0.294 e. The molecule has 1 N–H and O–H groups in total. The number of amides is 1. The molecule has 0 saturated carbocycles. The van der Waals surface area contributed by atoms with Gasteiger partial charge in [-0.2, -0.15) is 0 Å². The highest BCUT2D eigenvalue weighted by molar-refractivity contribution is 6.20. The third-order valence-electron chi connectivity index (χ3n) is 6.98. The highest BCUT2D eigenvalue weighted by Crippen LogP contribution is 2.43. The van der Waals surface area contributed by atoms with Crippen molar-refractivity contribution < 1.29 is 28.6 Å². The van der Waals surface area contributed by atoms with Gasteiger partial charge in [0, 0.05) is 11.1 Å². The molecule has 7 nitrogen and oxygen atoms in total. The summed E-state index contributed by atoms with van der Waals surface area (Å²) >= 11 is 0. The van der Waals surface area contributed by atoms with Gasteiger partial charge in [0.2, 0.25) is 5.78 Å². The van der Waals surface area contributed by atoms with Crippen LogP contribution in [0.15, 0.2) is 88.5 Å². The molecule has 0 radical (unpaired) electrons. The molecule has 0 bridgehead atoms. The van der Waals surface area contributed by atoms with Gasteiger partial charge in [-0.1, -0.05) is 57.2 Å². The van der Waals surface area contributed by atoms with Crippen molar-refractivity contribution >= 4 is 28.3 Å². The minimum Gasteiger partial charge on any atom is -0.503 e. The molecule has 206 valence electrons. The molecule has 0 saturated heterocycles. The van der Waals surface area contributed by atoms with E-state index in [1.54, 1.807) is 48.5 Å². The molecule has 1 atom stereocenters. The maximum Gasteiger partial charge on any atom is 0.294 e. The molecule has 1 aliphatic heterocycles. The first-order chi connectivity index (χ1) is 19.0. The van der Waals surface area contributed by atoms with E-state index in [4.69, 9.17) is 13.9 Å². The Morgan fingerprint density at radius 1 is 1.00 bits per heavy atom. The zero-order valence-corrected chi connectivity index (χ0v) is 23.5. The van der Waals surface area contributed by atoms with E-state index >= 15 is 0 Å². The number of rotatable bonds is 7. The van der Waals surface area contributed by atoms with Crippen molar-refractivity contribution in [2.24, 2.45) is 0 Å². The molecule has 2 heterocycles. The fourth-order valence-electron chi connectivity index (χ4n) is 4.98. The van der Waals surface area contributed by atoms with E-state index in [2.05, 4.69) is 20.8 Å². The van der Waals surface area contributed by atoms with Gasteiger partial charge in [0.15, 0.2) is 22.9 Å². The molecule has 1 unspecified atom stereocenters. The van der Waals surface area contributed by atoms with Crippen molar-refractivity contribution in [1.29, 1.82) is 0 Å². The van der Waals surface area contributed by atoms with Crippen molar-refractivity contribution in [3.8, 4) is 11.5 Å². The summed E-state index contributed by atoms with van der Waals surface area (Å²) in [6, 6.07) is 20.9. The number of aliphatic hydroxyl groups is 1. The first-order valence-electron chi connectivity index (χ1n) is 13.2. The van der Waals surface area contributed by atoms with E-state index in [0.717, 1.165) is 5.56 Å². The van der Waals surface area contributed by atoms with Crippen LogP contribution in [0.25, 0.3) is 11.0 Å². The number of anilines is 1. The molecule has 4 aromatic rings. The van der Waals surface area contributed by atoms with Crippen LogP contribution in [-0.2, 0) is 10.2 Å². The van der Waals surface area contributed by atoms with Gasteiger partial charge in [-0.25, -0.2) is 0 Å². The SMILES string of the molecule is COc1cccc2cc(C(=O)C3=C(O)C(=O)N(c4ccc(C(C)(C)C)cc4)C3c3ccc(OC(C)C)cc3)oc12. The van der Waals surface area contributed by atoms with Crippen LogP contribution in [0.3, 0.4) is 0 Å². The summed E-state index contributed by atoms with van der Waals surface area (Å²) < 4.78 is 17.1. The zero-order chi connectivity index (χ0) is 28.8. The molecule has 1 aromatic heterocycles. The summed E-state index contributed by atoms with van der Waals surface area (Å²) in [4.78, 5) is 29.0. The van der Waals surface area contributed by atoms with Gasteiger partial charge in [0.25, 0.3) is 5.91 Å². The minimum atomic E-state index is -0.885. The predicted octanol–water partition coefficient (Wildman–Crippen LogP) is 7.31. The van der Waals surface area contributed by atoms with E-state index in [9.17, 15) is 14.7 Å². The van der Waals surface area contributed by atoms with Crippen LogP contribution < -0.4 is 14.4 Å². The fraction of sp³-hybridized carbons (Fsp3) is 0.273. The van der Waals surface area contributed by atoms with Gasteiger partial charge in [0.05, 0.1) is 24.8 Å². The van der Waals surface area contributed by atoms with Crippen LogP contribution >= 0.6 is 0 Å². The summed E-state index contributed by atoms with van der Waals surface area (Å²) in [5.74, 6) is -0.698. The number of carbonyl (C=O) groups excluding carboxylic acids is 2. The molecule has 1 amide bonds. The summed E-state index contributed by atoms with van der Waals surface area (Å²) in [5, 5.41) is 11.8. The Bertz CT molecular complexity index is 1600. The van der Waals surface area contributed by atoms with E-state index in [0.29, 0.717) is 33.7 Å². The summed E-state index contributed by atoms with van der Waals surface area (Å²) in [5.41, 5.74) is 2.58. The number of nitrogens with zero attached hydrogens (tertiary/aromatic N) is 1. The Balaban J connectivity index is 1.62. The van der Waals surface area contributed by atoms with Gasteiger partial charge in [-0.3, -0.25) is 14.5 Å². The lowest BCUT2D eigenvalue weighted by atomic mass is 9.87. The largest absolute Gasteiger partial charge is 0.503 e. The van der Waals surface area contributed by atoms with Gasteiger partial charge < -0.3 is 19.0 Å². The lowest BCUT2D eigenvalue weighted by Crippen LogP contribution is -2.31. The maximum atomic E-state index is 14.0. The van der Waals surface area contributed by atoms with Gasteiger partial charge >= 0.3 is 0 Å². The standard InChI is InChI=1S/C33H33NO6/c1-19(2)39-24-16-10-20(11-17-24)28-27(29(35)26-18-21-8-7-9-25(38-6)31(21)40-26)30(36)32(37)34(28)23-14-12-22(13-15-23)33(3,4)5/h7-19,28,36H,1-6H3.